The van der Waals surface area contributed by atoms with Gasteiger partial charge in [-0.05, 0) is 22.4 Å². The lowest BCUT2D eigenvalue weighted by atomic mass is 9.41. The molecule has 0 aliphatic carbocycles. The highest BCUT2D eigenvalue weighted by Crippen LogP contribution is 2.53. The van der Waals surface area contributed by atoms with Crippen molar-refractivity contribution in [3.63, 3.8) is 0 Å². The van der Waals surface area contributed by atoms with E-state index in [9.17, 15) is 13.2 Å². The van der Waals surface area contributed by atoms with Gasteiger partial charge < -0.3 is 10.5 Å². The molecule has 21 heavy (non-hydrogen) atoms. The first-order chi connectivity index (χ1) is 9.53. The largest absolute Gasteiger partial charge is 0.435 e. The maximum absolute atomic E-state index is 14.3. The van der Waals surface area contributed by atoms with Crippen molar-refractivity contribution >= 4 is 17.9 Å². The van der Waals surface area contributed by atoms with E-state index in [1.165, 1.54) is 12.1 Å². The van der Waals surface area contributed by atoms with Gasteiger partial charge in [0.05, 0.1) is 0 Å². The Morgan fingerprint density at radius 3 is 2.14 bits per heavy atom. The Balaban J connectivity index is 2.45. The number of anilines is 1. The van der Waals surface area contributed by atoms with Gasteiger partial charge in [-0.25, -0.2) is 4.39 Å². The number of ether oxygens (including phenoxy) is 1. The van der Waals surface area contributed by atoms with Crippen molar-refractivity contribution in [3.05, 3.63) is 17.9 Å². The van der Waals surface area contributed by atoms with Crippen LogP contribution in [0.3, 0.4) is 0 Å². The SMILES string of the molecule is CC1(C)CB(c2c(F)cc(N)cc2OC(F)F)CC1(C)C. The number of benzene rings is 1. The highest BCUT2D eigenvalue weighted by atomic mass is 19.3. The summed E-state index contributed by atoms with van der Waals surface area (Å²) in [6, 6.07) is 2.45. The molecule has 1 heterocycles. The van der Waals surface area contributed by atoms with E-state index in [-0.39, 0.29) is 34.4 Å². The predicted octanol–water partition coefficient (Wildman–Crippen LogP) is 3.78. The summed E-state index contributed by atoms with van der Waals surface area (Å²) < 4.78 is 44.0. The average Bonchev–Trinajstić information content (AvgIpc) is 2.44. The molecule has 0 spiro atoms. The fraction of sp³-hybridized carbons (Fsp3) is 0.600. The second-order valence-electron chi connectivity index (χ2n) is 7.17. The lowest BCUT2D eigenvalue weighted by Gasteiger charge is -2.35. The number of nitrogens with two attached hydrogens (primary N) is 1. The van der Waals surface area contributed by atoms with Crippen LogP contribution in [0.4, 0.5) is 18.9 Å². The summed E-state index contributed by atoms with van der Waals surface area (Å²) in [5.41, 5.74) is 5.84. The summed E-state index contributed by atoms with van der Waals surface area (Å²) in [5.74, 6) is -0.704. The van der Waals surface area contributed by atoms with E-state index in [1.807, 2.05) is 0 Å². The Hall–Kier alpha value is -1.33. The smallest absolute Gasteiger partial charge is 0.387 e. The lowest BCUT2D eigenvalue weighted by molar-refractivity contribution is -0.0492. The summed E-state index contributed by atoms with van der Waals surface area (Å²) in [6.07, 6.45) is 1.45. The van der Waals surface area contributed by atoms with Gasteiger partial charge in [0.2, 0.25) is 0 Å². The number of rotatable bonds is 3. The lowest BCUT2D eigenvalue weighted by Crippen LogP contribution is -2.33. The van der Waals surface area contributed by atoms with Gasteiger partial charge >= 0.3 is 6.61 Å². The molecular weight excluding hydrogens is 278 g/mol. The first-order valence-corrected chi connectivity index (χ1v) is 7.07. The number of hydrogen-bond acceptors (Lipinski definition) is 2. The summed E-state index contributed by atoms with van der Waals surface area (Å²) in [5, 5.41) is 0. The quantitative estimate of drug-likeness (QED) is 0.681. The number of hydrogen-bond donors (Lipinski definition) is 1. The third-order valence-electron chi connectivity index (χ3n) is 5.08. The molecule has 1 saturated heterocycles. The molecular formula is C15H21BF3NO. The zero-order chi connectivity index (χ0) is 16.0. The van der Waals surface area contributed by atoms with Crippen LogP contribution in [0, 0.1) is 16.6 Å². The maximum atomic E-state index is 14.3. The van der Waals surface area contributed by atoms with Crippen LogP contribution in [-0.4, -0.2) is 13.3 Å². The molecule has 0 amide bonds. The van der Waals surface area contributed by atoms with Gasteiger partial charge in [-0.2, -0.15) is 8.78 Å². The zero-order valence-electron chi connectivity index (χ0n) is 12.8. The normalized spacial score (nSPS) is 20.1. The van der Waals surface area contributed by atoms with E-state index < -0.39 is 12.4 Å². The molecule has 0 radical (unpaired) electrons. The standard InChI is InChI=1S/C15H21BF3NO/c1-14(2)7-16(8-15(14,3)4)12-10(17)5-9(20)6-11(12)21-13(18)19/h5-6,13H,7-8,20H2,1-4H3. The zero-order valence-corrected chi connectivity index (χ0v) is 12.8. The van der Waals surface area contributed by atoms with Crippen LogP contribution < -0.4 is 15.9 Å². The van der Waals surface area contributed by atoms with Crippen molar-refractivity contribution in [1.82, 2.24) is 0 Å². The molecule has 1 aromatic carbocycles. The Bertz CT molecular complexity index is 530. The minimum atomic E-state index is -2.99. The Morgan fingerprint density at radius 2 is 1.67 bits per heavy atom. The molecule has 6 heteroatoms. The molecule has 1 aromatic rings. The molecule has 2 rings (SSSR count). The maximum Gasteiger partial charge on any atom is 0.387 e. The molecule has 0 saturated carbocycles. The van der Waals surface area contributed by atoms with Gasteiger partial charge in [0.25, 0.3) is 0 Å². The van der Waals surface area contributed by atoms with Gasteiger partial charge in [0.1, 0.15) is 11.6 Å². The monoisotopic (exact) mass is 299 g/mol. The van der Waals surface area contributed by atoms with Gasteiger partial charge in [-0.15, -0.1) is 0 Å². The molecule has 116 valence electrons. The second kappa shape index (κ2) is 5.14. The van der Waals surface area contributed by atoms with Crippen molar-refractivity contribution in [1.29, 1.82) is 0 Å². The number of nitrogen functional groups attached to an aromatic ring is 1. The molecule has 1 fully saturated rings. The van der Waals surface area contributed by atoms with Gasteiger partial charge in [0, 0.05) is 11.8 Å². The molecule has 0 unspecified atom stereocenters. The molecule has 1 aliphatic rings. The Kier molecular flexibility index (Phi) is 3.93. The molecule has 0 bridgehead atoms. The summed E-state index contributed by atoms with van der Waals surface area (Å²) in [4.78, 5) is 0. The van der Waals surface area contributed by atoms with Crippen LogP contribution in [0.25, 0.3) is 0 Å². The highest BCUT2D eigenvalue weighted by Gasteiger charge is 2.49. The van der Waals surface area contributed by atoms with Crippen molar-refractivity contribution in [2.45, 2.75) is 46.9 Å². The highest BCUT2D eigenvalue weighted by molar-refractivity contribution is 6.75. The van der Waals surface area contributed by atoms with Crippen molar-refractivity contribution in [2.24, 2.45) is 10.8 Å². The molecule has 2 nitrogen and oxygen atoms in total. The topological polar surface area (TPSA) is 35.2 Å². The first kappa shape index (κ1) is 16.1. The first-order valence-electron chi connectivity index (χ1n) is 7.07. The van der Waals surface area contributed by atoms with E-state index in [0.717, 1.165) is 12.6 Å². The minimum absolute atomic E-state index is 0.00636. The van der Waals surface area contributed by atoms with Crippen LogP contribution in [0.5, 0.6) is 5.75 Å². The predicted molar refractivity (Wildman–Crippen MR) is 80.0 cm³/mol. The third kappa shape index (κ3) is 2.99. The van der Waals surface area contributed by atoms with Gasteiger partial charge in [-0.3, -0.25) is 0 Å². The average molecular weight is 299 g/mol. The van der Waals surface area contributed by atoms with E-state index >= 15 is 0 Å². The number of alkyl halides is 2. The third-order valence-corrected chi connectivity index (χ3v) is 5.08. The van der Waals surface area contributed by atoms with E-state index in [4.69, 9.17) is 5.73 Å². The summed E-state index contributed by atoms with van der Waals surface area (Å²) >= 11 is 0. The minimum Gasteiger partial charge on any atom is -0.435 e. The fourth-order valence-electron chi connectivity index (χ4n) is 3.26. The van der Waals surface area contributed by atoms with Crippen molar-refractivity contribution in [2.75, 3.05) is 5.73 Å². The van der Waals surface area contributed by atoms with E-state index in [2.05, 4.69) is 32.4 Å². The van der Waals surface area contributed by atoms with Crippen LogP contribution in [0.2, 0.25) is 12.6 Å². The summed E-state index contributed by atoms with van der Waals surface area (Å²) in [7, 11) is 0. The second-order valence-corrected chi connectivity index (χ2v) is 7.17. The van der Waals surface area contributed by atoms with Gasteiger partial charge in [0.15, 0.2) is 6.71 Å². The molecule has 2 N–H and O–H groups in total. The molecule has 1 aliphatic heterocycles. The van der Waals surface area contributed by atoms with Gasteiger partial charge in [-0.1, -0.05) is 40.3 Å². The van der Waals surface area contributed by atoms with Crippen LogP contribution in [-0.2, 0) is 0 Å². The fourth-order valence-corrected chi connectivity index (χ4v) is 3.26. The van der Waals surface area contributed by atoms with Crippen LogP contribution in [0.1, 0.15) is 27.7 Å². The summed E-state index contributed by atoms with van der Waals surface area (Å²) in [6.45, 7) is 5.34. The van der Waals surface area contributed by atoms with E-state index in [1.54, 1.807) is 0 Å². The van der Waals surface area contributed by atoms with E-state index in [0.29, 0.717) is 0 Å². The Morgan fingerprint density at radius 1 is 1.14 bits per heavy atom. The molecule has 0 atom stereocenters. The molecule has 0 aromatic heterocycles. The van der Waals surface area contributed by atoms with Crippen molar-refractivity contribution < 1.29 is 17.9 Å². The Labute approximate surface area is 123 Å². The van der Waals surface area contributed by atoms with Crippen LogP contribution >= 0.6 is 0 Å². The van der Waals surface area contributed by atoms with Crippen molar-refractivity contribution in [3.8, 4) is 5.75 Å². The van der Waals surface area contributed by atoms with Crippen LogP contribution in [0.15, 0.2) is 12.1 Å². The number of halogens is 3.